The Labute approximate surface area is 145 Å². The van der Waals surface area contributed by atoms with E-state index in [-0.39, 0.29) is 17.6 Å². The minimum absolute atomic E-state index is 0.0776. The van der Waals surface area contributed by atoms with Crippen molar-refractivity contribution in [2.75, 3.05) is 13.1 Å². The first-order valence-electron chi connectivity index (χ1n) is 8.59. The Hall–Kier alpha value is -2.63. The summed E-state index contributed by atoms with van der Waals surface area (Å²) in [5.74, 6) is 0.845. The summed E-state index contributed by atoms with van der Waals surface area (Å²) in [6.07, 6.45) is 3.98. The Kier molecular flexibility index (Phi) is 3.82. The van der Waals surface area contributed by atoms with Crippen LogP contribution in [0.1, 0.15) is 40.8 Å². The van der Waals surface area contributed by atoms with Crippen molar-refractivity contribution >= 4 is 16.8 Å². The predicted octanol–water partition coefficient (Wildman–Crippen LogP) is 3.37. The van der Waals surface area contributed by atoms with Crippen LogP contribution in [0.4, 0.5) is 4.39 Å². The highest BCUT2D eigenvalue weighted by atomic mass is 19.1. The molecule has 0 saturated carbocycles. The van der Waals surface area contributed by atoms with Gasteiger partial charge >= 0.3 is 0 Å². The topological polar surface area (TPSA) is 53.9 Å². The monoisotopic (exact) mass is 340 g/mol. The Balaban J connectivity index is 1.58. The van der Waals surface area contributed by atoms with Crippen molar-refractivity contribution in [1.29, 1.82) is 0 Å². The normalized spacial score (nSPS) is 18.0. The molecule has 3 aromatic rings. The van der Waals surface area contributed by atoms with Crippen molar-refractivity contribution < 1.29 is 9.18 Å². The number of carbonyl (C=O) groups excluding carboxylic acids is 1. The van der Waals surface area contributed by atoms with Gasteiger partial charge in [-0.05, 0) is 31.9 Å². The molecule has 6 heteroatoms. The van der Waals surface area contributed by atoms with Crippen LogP contribution >= 0.6 is 0 Å². The summed E-state index contributed by atoms with van der Waals surface area (Å²) in [5.41, 5.74) is 1.82. The number of aryl methyl sites for hydroxylation is 2. The molecule has 1 saturated heterocycles. The van der Waals surface area contributed by atoms with Gasteiger partial charge in [0.05, 0.1) is 11.2 Å². The van der Waals surface area contributed by atoms with Crippen molar-refractivity contribution in [3.63, 3.8) is 0 Å². The van der Waals surface area contributed by atoms with Gasteiger partial charge in [-0.1, -0.05) is 12.1 Å². The van der Waals surface area contributed by atoms with E-state index in [0.717, 1.165) is 36.3 Å². The number of imidazole rings is 1. The second kappa shape index (κ2) is 6.02. The van der Waals surface area contributed by atoms with E-state index in [0.29, 0.717) is 17.8 Å². The molecule has 4 rings (SSSR count). The largest absolute Gasteiger partial charge is 0.348 e. The minimum Gasteiger partial charge on any atom is -0.348 e. The number of likely N-dealkylation sites (tertiary alicyclic amines) is 1. The number of nitrogens with zero attached hydrogens (tertiary/aromatic N) is 3. The SMILES string of the molecule is Cc1cn(C)c(C2CCCN(C(=O)c3cc4cccc(F)c4[nH]3)C2)n1. The average Bonchev–Trinajstić information content (AvgIpc) is 3.18. The smallest absolute Gasteiger partial charge is 0.270 e. The number of aromatic amines is 1. The van der Waals surface area contributed by atoms with Crippen LogP contribution in [0, 0.1) is 12.7 Å². The van der Waals surface area contributed by atoms with Crippen LogP contribution in [-0.4, -0.2) is 38.4 Å². The number of H-pyrrole nitrogens is 1. The van der Waals surface area contributed by atoms with Gasteiger partial charge in [0.15, 0.2) is 0 Å². The number of hydrogen-bond donors (Lipinski definition) is 1. The number of rotatable bonds is 2. The van der Waals surface area contributed by atoms with Crippen LogP contribution in [0.3, 0.4) is 0 Å². The van der Waals surface area contributed by atoms with Gasteiger partial charge < -0.3 is 14.5 Å². The summed E-state index contributed by atoms with van der Waals surface area (Å²) in [7, 11) is 2.00. The average molecular weight is 340 g/mol. The molecule has 1 N–H and O–H groups in total. The summed E-state index contributed by atoms with van der Waals surface area (Å²) in [5, 5.41) is 0.719. The molecule has 5 nitrogen and oxygen atoms in total. The van der Waals surface area contributed by atoms with E-state index in [1.807, 2.05) is 29.6 Å². The number of hydrogen-bond acceptors (Lipinski definition) is 2. The van der Waals surface area contributed by atoms with Gasteiger partial charge in [0, 0.05) is 37.6 Å². The highest BCUT2D eigenvalue weighted by molar-refractivity contribution is 5.98. The van der Waals surface area contributed by atoms with E-state index in [1.165, 1.54) is 6.07 Å². The van der Waals surface area contributed by atoms with Crippen LogP contribution in [0.2, 0.25) is 0 Å². The van der Waals surface area contributed by atoms with Gasteiger partial charge in [-0.15, -0.1) is 0 Å². The summed E-state index contributed by atoms with van der Waals surface area (Å²) >= 11 is 0. The van der Waals surface area contributed by atoms with Gasteiger partial charge in [0.2, 0.25) is 0 Å². The molecule has 25 heavy (non-hydrogen) atoms. The molecule has 1 fully saturated rings. The summed E-state index contributed by atoms with van der Waals surface area (Å²) < 4.78 is 15.9. The van der Waals surface area contributed by atoms with E-state index >= 15 is 0 Å². The standard InChI is InChI=1S/C19H21FN4O/c1-12-10-23(2)18(21-12)14-6-4-8-24(11-14)19(25)16-9-13-5-3-7-15(20)17(13)22-16/h3,5,7,9-10,14,22H,4,6,8,11H2,1-2H3. The van der Waals surface area contributed by atoms with Gasteiger partial charge in [-0.2, -0.15) is 0 Å². The number of carbonyl (C=O) groups is 1. The Morgan fingerprint density at radius 2 is 2.24 bits per heavy atom. The van der Waals surface area contributed by atoms with Crippen molar-refractivity contribution in [2.45, 2.75) is 25.7 Å². The molecule has 1 atom stereocenters. The molecule has 1 aromatic carbocycles. The lowest BCUT2D eigenvalue weighted by Gasteiger charge is -2.32. The molecule has 0 bridgehead atoms. The second-order valence-corrected chi connectivity index (χ2v) is 6.83. The molecule has 0 aliphatic carbocycles. The second-order valence-electron chi connectivity index (χ2n) is 6.83. The fourth-order valence-electron chi connectivity index (χ4n) is 3.79. The van der Waals surface area contributed by atoms with Crippen molar-refractivity contribution in [2.24, 2.45) is 7.05 Å². The maximum Gasteiger partial charge on any atom is 0.270 e. The molecule has 0 radical (unpaired) electrons. The summed E-state index contributed by atoms with van der Waals surface area (Å²) in [6, 6.07) is 6.59. The number of benzene rings is 1. The molecule has 130 valence electrons. The van der Waals surface area contributed by atoms with Crippen LogP contribution in [0.5, 0.6) is 0 Å². The lowest BCUT2D eigenvalue weighted by atomic mass is 9.97. The third-order valence-electron chi connectivity index (χ3n) is 4.94. The number of para-hydroxylation sites is 1. The van der Waals surface area contributed by atoms with E-state index in [2.05, 4.69) is 9.97 Å². The van der Waals surface area contributed by atoms with Gasteiger partial charge in [0.25, 0.3) is 5.91 Å². The van der Waals surface area contributed by atoms with Gasteiger partial charge in [-0.25, -0.2) is 9.37 Å². The zero-order valence-corrected chi connectivity index (χ0v) is 14.4. The third-order valence-corrected chi connectivity index (χ3v) is 4.94. The van der Waals surface area contributed by atoms with Crippen LogP contribution in [0.15, 0.2) is 30.5 Å². The lowest BCUT2D eigenvalue weighted by Crippen LogP contribution is -2.39. The first-order chi connectivity index (χ1) is 12.0. The van der Waals surface area contributed by atoms with Crippen LogP contribution in [0.25, 0.3) is 10.9 Å². The highest BCUT2D eigenvalue weighted by Gasteiger charge is 2.28. The lowest BCUT2D eigenvalue weighted by molar-refractivity contribution is 0.0698. The Morgan fingerprint density at radius 3 is 2.96 bits per heavy atom. The van der Waals surface area contributed by atoms with Crippen molar-refractivity contribution in [3.8, 4) is 0 Å². The molecule has 1 unspecified atom stereocenters. The predicted molar refractivity (Wildman–Crippen MR) is 94.1 cm³/mol. The molecular weight excluding hydrogens is 319 g/mol. The van der Waals surface area contributed by atoms with E-state index in [4.69, 9.17) is 0 Å². The summed E-state index contributed by atoms with van der Waals surface area (Å²) in [4.78, 5) is 22.3. The van der Waals surface area contributed by atoms with Gasteiger partial charge in [-0.3, -0.25) is 4.79 Å². The van der Waals surface area contributed by atoms with Gasteiger partial charge in [0.1, 0.15) is 17.3 Å². The molecule has 1 aliphatic heterocycles. The van der Waals surface area contributed by atoms with E-state index in [9.17, 15) is 9.18 Å². The van der Waals surface area contributed by atoms with E-state index in [1.54, 1.807) is 18.2 Å². The van der Waals surface area contributed by atoms with Crippen molar-refractivity contribution in [1.82, 2.24) is 19.4 Å². The fourth-order valence-corrected chi connectivity index (χ4v) is 3.79. The van der Waals surface area contributed by atoms with E-state index < -0.39 is 0 Å². The quantitative estimate of drug-likeness (QED) is 0.778. The summed E-state index contributed by atoms with van der Waals surface area (Å²) in [6.45, 7) is 3.34. The highest BCUT2D eigenvalue weighted by Crippen LogP contribution is 2.27. The maximum absolute atomic E-state index is 13.9. The van der Waals surface area contributed by atoms with Crippen molar-refractivity contribution in [3.05, 3.63) is 53.5 Å². The minimum atomic E-state index is -0.337. The number of aromatic nitrogens is 3. The van der Waals surface area contributed by atoms with Crippen LogP contribution in [-0.2, 0) is 7.05 Å². The maximum atomic E-state index is 13.9. The number of nitrogens with one attached hydrogen (secondary N) is 1. The van der Waals surface area contributed by atoms with Crippen LogP contribution < -0.4 is 0 Å². The zero-order chi connectivity index (χ0) is 17.6. The first kappa shape index (κ1) is 15.9. The Morgan fingerprint density at radius 1 is 1.40 bits per heavy atom. The zero-order valence-electron chi connectivity index (χ0n) is 14.4. The Bertz CT molecular complexity index is 942. The number of fused-ring (bicyclic) bond motifs is 1. The molecular formula is C19H21FN4O. The number of halogens is 1. The third kappa shape index (κ3) is 2.81. The first-order valence-corrected chi connectivity index (χ1v) is 8.59. The molecule has 3 heterocycles. The number of piperidine rings is 1. The number of amides is 1. The molecule has 1 aliphatic rings. The fraction of sp³-hybridized carbons (Fsp3) is 0.368. The molecule has 1 amide bonds. The molecule has 2 aromatic heterocycles. The molecule has 0 spiro atoms.